The zero-order valence-corrected chi connectivity index (χ0v) is 12.2. The van der Waals surface area contributed by atoms with Gasteiger partial charge in [0.15, 0.2) is 0 Å². The van der Waals surface area contributed by atoms with Crippen LogP contribution in [0.1, 0.15) is 6.42 Å². The molecule has 1 atom stereocenters. The lowest BCUT2D eigenvalue weighted by Gasteiger charge is -2.10. The molecule has 1 saturated heterocycles. The topological polar surface area (TPSA) is 79.1 Å². The van der Waals surface area contributed by atoms with Crippen LogP contribution < -0.4 is 4.74 Å². The van der Waals surface area contributed by atoms with Gasteiger partial charge in [-0.05, 0) is 34.7 Å². The summed E-state index contributed by atoms with van der Waals surface area (Å²) in [5, 5.41) is 11.1. The second-order valence-corrected chi connectivity index (χ2v) is 5.65. The summed E-state index contributed by atoms with van der Waals surface area (Å²) in [7, 11) is 0. The number of alkyl halides is 3. The number of carbonyl (C=O) groups is 1. The Bertz CT molecular complexity index is 704. The van der Waals surface area contributed by atoms with Gasteiger partial charge in [-0.2, -0.15) is 4.68 Å². The normalized spacial score (nSPS) is 18.0. The van der Waals surface area contributed by atoms with Crippen LogP contribution in [0.5, 0.6) is 5.75 Å². The molecule has 7 nitrogen and oxygen atoms in total. The monoisotopic (exact) mass is 346 g/mol. The summed E-state index contributed by atoms with van der Waals surface area (Å²) in [4.78, 5) is 11.5. The number of hydrogen-bond acceptors (Lipinski definition) is 7. The zero-order valence-electron chi connectivity index (χ0n) is 11.4. The van der Waals surface area contributed by atoms with Gasteiger partial charge in [-0.25, -0.2) is 0 Å². The van der Waals surface area contributed by atoms with Gasteiger partial charge in [0.05, 0.1) is 12.3 Å². The summed E-state index contributed by atoms with van der Waals surface area (Å²) >= 11 is 1.14. The Morgan fingerprint density at radius 2 is 2.04 bits per heavy atom. The van der Waals surface area contributed by atoms with Gasteiger partial charge in [-0.15, -0.1) is 18.3 Å². The van der Waals surface area contributed by atoms with Gasteiger partial charge >= 0.3 is 12.3 Å². The van der Waals surface area contributed by atoms with Crippen LogP contribution in [0, 0.1) is 0 Å². The Labute approximate surface area is 131 Å². The third-order valence-electron chi connectivity index (χ3n) is 2.89. The van der Waals surface area contributed by atoms with Crippen LogP contribution in [0.2, 0.25) is 0 Å². The fourth-order valence-electron chi connectivity index (χ4n) is 1.92. The van der Waals surface area contributed by atoms with E-state index in [0.29, 0.717) is 23.9 Å². The first kappa shape index (κ1) is 15.6. The van der Waals surface area contributed by atoms with Gasteiger partial charge in [0.25, 0.3) is 0 Å². The molecule has 0 N–H and O–H groups in total. The molecular weight excluding hydrogens is 337 g/mol. The van der Waals surface area contributed by atoms with Crippen molar-refractivity contribution in [1.29, 1.82) is 0 Å². The molecule has 1 fully saturated rings. The van der Waals surface area contributed by atoms with Gasteiger partial charge in [-0.3, -0.25) is 4.79 Å². The Hall–Kier alpha value is -2.30. The summed E-state index contributed by atoms with van der Waals surface area (Å²) in [5.74, 6) is -0.679. The number of thioether (sulfide) groups is 1. The summed E-state index contributed by atoms with van der Waals surface area (Å²) < 4.78 is 46.4. The highest BCUT2D eigenvalue weighted by Gasteiger charge is 2.31. The smallest absolute Gasteiger partial charge is 0.465 e. The van der Waals surface area contributed by atoms with E-state index in [-0.39, 0.29) is 11.7 Å². The second kappa shape index (κ2) is 6.07. The third kappa shape index (κ3) is 3.73. The van der Waals surface area contributed by atoms with E-state index >= 15 is 0 Å². The van der Waals surface area contributed by atoms with Gasteiger partial charge in [-0.1, -0.05) is 11.8 Å². The Morgan fingerprint density at radius 3 is 2.65 bits per heavy atom. The lowest BCUT2D eigenvalue weighted by Crippen LogP contribution is -2.17. The molecule has 122 valence electrons. The highest BCUT2D eigenvalue weighted by Crippen LogP contribution is 2.29. The van der Waals surface area contributed by atoms with E-state index in [2.05, 4.69) is 20.3 Å². The Kier molecular flexibility index (Phi) is 4.11. The van der Waals surface area contributed by atoms with Crippen molar-refractivity contribution >= 4 is 17.7 Å². The predicted octanol–water partition coefficient (Wildman–Crippen LogP) is 1.97. The zero-order chi connectivity index (χ0) is 16.4. The van der Waals surface area contributed by atoms with Gasteiger partial charge in [0, 0.05) is 6.42 Å². The van der Waals surface area contributed by atoms with Crippen molar-refractivity contribution in [2.75, 3.05) is 6.61 Å². The third-order valence-corrected chi connectivity index (χ3v) is 4.07. The standard InChI is InChI=1S/C12H9F3N4O3S/c13-12(14,15)22-8-3-1-7(2-4-8)19-11(16-17-18-19)23-9-5-6-21-10(9)20/h1-4,9H,5-6H2/t9-/m1/s1. The van der Waals surface area contributed by atoms with E-state index in [4.69, 9.17) is 4.74 Å². The molecule has 1 aliphatic heterocycles. The van der Waals surface area contributed by atoms with E-state index in [1.165, 1.54) is 16.8 Å². The number of hydrogen-bond donors (Lipinski definition) is 0. The molecule has 0 unspecified atom stereocenters. The number of nitrogens with zero attached hydrogens (tertiary/aromatic N) is 4. The number of benzene rings is 1. The number of tetrazole rings is 1. The minimum absolute atomic E-state index is 0.335. The lowest BCUT2D eigenvalue weighted by molar-refractivity contribution is -0.274. The number of ether oxygens (including phenoxy) is 2. The number of rotatable bonds is 4. The summed E-state index contributed by atoms with van der Waals surface area (Å²) in [6.07, 6.45) is -4.20. The molecule has 0 bridgehead atoms. The Morgan fingerprint density at radius 1 is 1.30 bits per heavy atom. The average Bonchev–Trinajstić information content (AvgIpc) is 3.09. The highest BCUT2D eigenvalue weighted by molar-refractivity contribution is 8.00. The molecule has 1 aromatic carbocycles. The van der Waals surface area contributed by atoms with Gasteiger partial charge in [0.1, 0.15) is 11.0 Å². The largest absolute Gasteiger partial charge is 0.573 e. The summed E-state index contributed by atoms with van der Waals surface area (Å²) in [6, 6.07) is 5.08. The molecule has 0 saturated carbocycles. The van der Waals surface area contributed by atoms with Crippen LogP contribution in [-0.2, 0) is 9.53 Å². The van der Waals surface area contributed by atoms with Crippen molar-refractivity contribution in [3.8, 4) is 11.4 Å². The first-order chi connectivity index (χ1) is 10.9. The predicted molar refractivity (Wildman–Crippen MR) is 71.1 cm³/mol. The van der Waals surface area contributed by atoms with Crippen molar-refractivity contribution in [1.82, 2.24) is 20.2 Å². The van der Waals surface area contributed by atoms with E-state index in [1.807, 2.05) is 0 Å². The van der Waals surface area contributed by atoms with Crippen molar-refractivity contribution in [3.63, 3.8) is 0 Å². The molecule has 23 heavy (non-hydrogen) atoms. The van der Waals surface area contributed by atoms with Crippen LogP contribution in [-0.4, -0.2) is 44.4 Å². The molecule has 0 amide bonds. The quantitative estimate of drug-likeness (QED) is 0.783. The van der Waals surface area contributed by atoms with Crippen molar-refractivity contribution in [2.24, 2.45) is 0 Å². The number of esters is 1. The SMILES string of the molecule is O=C1OCC[C@H]1Sc1nnnn1-c1ccc(OC(F)(F)F)cc1. The molecule has 1 aromatic heterocycles. The average molecular weight is 346 g/mol. The number of cyclic esters (lactones) is 1. The molecule has 0 spiro atoms. The van der Waals surface area contributed by atoms with E-state index in [1.54, 1.807) is 0 Å². The summed E-state index contributed by atoms with van der Waals surface area (Å²) in [5.41, 5.74) is 0.443. The van der Waals surface area contributed by atoms with Crippen molar-refractivity contribution < 1.29 is 27.4 Å². The van der Waals surface area contributed by atoms with Crippen molar-refractivity contribution in [3.05, 3.63) is 24.3 Å². The second-order valence-electron chi connectivity index (χ2n) is 4.48. The maximum Gasteiger partial charge on any atom is 0.573 e. The van der Waals surface area contributed by atoms with Crippen LogP contribution in [0.25, 0.3) is 5.69 Å². The van der Waals surface area contributed by atoms with E-state index in [0.717, 1.165) is 23.9 Å². The van der Waals surface area contributed by atoms with Gasteiger partial charge in [0.2, 0.25) is 5.16 Å². The van der Waals surface area contributed by atoms with Crippen LogP contribution >= 0.6 is 11.8 Å². The van der Waals surface area contributed by atoms with E-state index in [9.17, 15) is 18.0 Å². The first-order valence-electron chi connectivity index (χ1n) is 6.40. The Balaban J connectivity index is 1.77. The minimum Gasteiger partial charge on any atom is -0.465 e. The maximum absolute atomic E-state index is 12.1. The molecule has 11 heteroatoms. The first-order valence-corrected chi connectivity index (χ1v) is 7.28. The van der Waals surface area contributed by atoms with Crippen molar-refractivity contribution in [2.45, 2.75) is 23.2 Å². The molecule has 2 aromatic rings. The number of halogens is 3. The molecular formula is C12H9F3N4O3S. The van der Waals surface area contributed by atoms with Gasteiger partial charge < -0.3 is 9.47 Å². The molecule has 2 heterocycles. The maximum atomic E-state index is 12.1. The molecule has 0 radical (unpaired) electrons. The van der Waals surface area contributed by atoms with Crippen LogP contribution in [0.4, 0.5) is 13.2 Å². The molecule has 0 aliphatic carbocycles. The minimum atomic E-state index is -4.75. The lowest BCUT2D eigenvalue weighted by atomic mass is 10.3. The van der Waals surface area contributed by atoms with Crippen LogP contribution in [0.15, 0.2) is 29.4 Å². The number of aromatic nitrogens is 4. The fourth-order valence-corrected chi connectivity index (χ4v) is 2.87. The van der Waals surface area contributed by atoms with Crippen LogP contribution in [0.3, 0.4) is 0 Å². The fraction of sp³-hybridized carbons (Fsp3) is 0.333. The summed E-state index contributed by atoms with van der Waals surface area (Å²) in [6.45, 7) is 0.349. The molecule has 1 aliphatic rings. The number of carbonyl (C=O) groups excluding carboxylic acids is 1. The highest BCUT2D eigenvalue weighted by atomic mass is 32.2. The molecule has 3 rings (SSSR count). The van der Waals surface area contributed by atoms with E-state index < -0.39 is 11.6 Å².